The summed E-state index contributed by atoms with van der Waals surface area (Å²) in [6, 6.07) is 9.38. The predicted octanol–water partition coefficient (Wildman–Crippen LogP) is 2.17. The summed E-state index contributed by atoms with van der Waals surface area (Å²) in [5.74, 6) is 0.331. The first-order valence-corrected chi connectivity index (χ1v) is 10.6. The third-order valence-electron chi connectivity index (χ3n) is 6.26. The third-order valence-corrected chi connectivity index (χ3v) is 6.26. The van der Waals surface area contributed by atoms with Gasteiger partial charge in [0.25, 0.3) is 0 Å². The van der Waals surface area contributed by atoms with E-state index in [4.69, 9.17) is 5.11 Å². The normalized spacial score (nSPS) is 20.7. The van der Waals surface area contributed by atoms with Crippen molar-refractivity contribution in [3.8, 4) is 0 Å². The number of carbonyl (C=O) groups excluding carboxylic acids is 1. The van der Waals surface area contributed by atoms with E-state index in [0.29, 0.717) is 19.0 Å². The summed E-state index contributed by atoms with van der Waals surface area (Å²) in [5, 5.41) is 11.8. The summed E-state index contributed by atoms with van der Waals surface area (Å²) in [4.78, 5) is 17.4. The molecule has 5 nitrogen and oxygen atoms in total. The van der Waals surface area contributed by atoms with Gasteiger partial charge in [-0.2, -0.15) is 0 Å². The van der Waals surface area contributed by atoms with E-state index in [9.17, 15) is 4.79 Å². The van der Waals surface area contributed by atoms with Gasteiger partial charge < -0.3 is 15.3 Å². The van der Waals surface area contributed by atoms with Crippen molar-refractivity contribution >= 4 is 5.91 Å². The standard InChI is InChI=1S/C22H35N3O2/c1-18-5-2-3-6-20(18)17-24-12-9-21(10-13-24)25-14-7-19(8-15-25)22(27)23-11-4-16-26/h2-3,5-6,19,21,26H,4,7-17H2,1H3,(H,23,27). The average Bonchev–Trinajstić information content (AvgIpc) is 2.70. The van der Waals surface area contributed by atoms with Gasteiger partial charge in [0.05, 0.1) is 0 Å². The van der Waals surface area contributed by atoms with E-state index in [-0.39, 0.29) is 18.4 Å². The minimum absolute atomic E-state index is 0.140. The van der Waals surface area contributed by atoms with Crippen molar-refractivity contribution in [1.29, 1.82) is 0 Å². The number of hydrogen-bond donors (Lipinski definition) is 2. The maximum atomic E-state index is 12.2. The number of nitrogens with zero attached hydrogens (tertiary/aromatic N) is 2. The Hall–Kier alpha value is -1.43. The molecule has 1 aromatic rings. The third kappa shape index (κ3) is 5.77. The number of aryl methyl sites for hydroxylation is 1. The van der Waals surface area contributed by atoms with Crippen molar-refractivity contribution in [2.75, 3.05) is 39.3 Å². The van der Waals surface area contributed by atoms with E-state index < -0.39 is 0 Å². The van der Waals surface area contributed by atoms with Crippen LogP contribution >= 0.6 is 0 Å². The molecule has 0 atom stereocenters. The summed E-state index contributed by atoms with van der Waals surface area (Å²) >= 11 is 0. The highest BCUT2D eigenvalue weighted by molar-refractivity contribution is 5.78. The lowest BCUT2D eigenvalue weighted by Crippen LogP contribution is -2.49. The van der Waals surface area contributed by atoms with Crippen LogP contribution in [-0.4, -0.2) is 66.2 Å². The molecular formula is C22H35N3O2. The van der Waals surface area contributed by atoms with Crippen LogP contribution in [0.4, 0.5) is 0 Å². The van der Waals surface area contributed by atoms with E-state index in [1.807, 2.05) is 0 Å². The van der Waals surface area contributed by atoms with E-state index >= 15 is 0 Å². The molecule has 0 bridgehead atoms. The van der Waals surface area contributed by atoms with Crippen LogP contribution in [0.3, 0.4) is 0 Å². The van der Waals surface area contributed by atoms with Gasteiger partial charge in [-0.05, 0) is 76.3 Å². The first kappa shape index (κ1) is 20.3. The zero-order chi connectivity index (χ0) is 19.1. The zero-order valence-corrected chi connectivity index (χ0v) is 16.7. The summed E-state index contributed by atoms with van der Waals surface area (Å²) in [6.07, 6.45) is 5.05. The Morgan fingerprint density at radius 3 is 2.48 bits per heavy atom. The SMILES string of the molecule is Cc1ccccc1CN1CCC(N2CCC(C(=O)NCCCO)CC2)CC1. The molecule has 27 heavy (non-hydrogen) atoms. The average molecular weight is 374 g/mol. The molecule has 5 heteroatoms. The van der Waals surface area contributed by atoms with Crippen LogP contribution in [0.1, 0.15) is 43.2 Å². The highest BCUT2D eigenvalue weighted by Crippen LogP contribution is 2.25. The topological polar surface area (TPSA) is 55.8 Å². The second kappa shape index (κ2) is 10.2. The number of benzene rings is 1. The molecule has 2 N–H and O–H groups in total. The molecular weight excluding hydrogens is 338 g/mol. The molecule has 0 aromatic heterocycles. The van der Waals surface area contributed by atoms with E-state index in [1.165, 1.54) is 37.1 Å². The van der Waals surface area contributed by atoms with Crippen molar-refractivity contribution in [2.45, 2.75) is 51.6 Å². The van der Waals surface area contributed by atoms with Gasteiger partial charge in [-0.15, -0.1) is 0 Å². The maximum absolute atomic E-state index is 12.2. The molecule has 2 aliphatic rings. The molecule has 0 spiro atoms. The van der Waals surface area contributed by atoms with Crippen molar-refractivity contribution in [1.82, 2.24) is 15.1 Å². The van der Waals surface area contributed by atoms with Crippen LogP contribution in [-0.2, 0) is 11.3 Å². The molecule has 1 amide bonds. The summed E-state index contributed by atoms with van der Waals surface area (Å²) in [6.45, 7) is 8.42. The fraction of sp³-hybridized carbons (Fsp3) is 0.682. The molecule has 0 radical (unpaired) electrons. The highest BCUT2D eigenvalue weighted by atomic mass is 16.3. The van der Waals surface area contributed by atoms with Gasteiger partial charge in [0.15, 0.2) is 0 Å². The number of likely N-dealkylation sites (tertiary alicyclic amines) is 2. The molecule has 2 heterocycles. The van der Waals surface area contributed by atoms with Gasteiger partial charge in [0, 0.05) is 31.7 Å². The van der Waals surface area contributed by atoms with Gasteiger partial charge in [0.2, 0.25) is 5.91 Å². The number of carbonyl (C=O) groups is 1. The van der Waals surface area contributed by atoms with Crippen molar-refractivity contribution in [3.63, 3.8) is 0 Å². The van der Waals surface area contributed by atoms with E-state index in [0.717, 1.165) is 32.5 Å². The maximum Gasteiger partial charge on any atom is 0.223 e. The second-order valence-corrected chi connectivity index (χ2v) is 8.11. The minimum atomic E-state index is 0.140. The van der Waals surface area contributed by atoms with Crippen molar-refractivity contribution < 1.29 is 9.90 Å². The Balaban J connectivity index is 1.38. The molecule has 3 rings (SSSR count). The molecule has 2 fully saturated rings. The molecule has 2 saturated heterocycles. The number of piperidine rings is 2. The molecule has 0 unspecified atom stereocenters. The Morgan fingerprint density at radius 1 is 1.11 bits per heavy atom. The fourth-order valence-electron chi connectivity index (χ4n) is 4.43. The lowest BCUT2D eigenvalue weighted by Gasteiger charge is -2.41. The van der Waals surface area contributed by atoms with Gasteiger partial charge in [-0.25, -0.2) is 0 Å². The van der Waals surface area contributed by atoms with E-state index in [2.05, 4.69) is 46.3 Å². The number of hydrogen-bond acceptors (Lipinski definition) is 4. The van der Waals surface area contributed by atoms with Crippen LogP contribution < -0.4 is 5.32 Å². The smallest absolute Gasteiger partial charge is 0.223 e. The van der Waals surface area contributed by atoms with Crippen LogP contribution in [0.25, 0.3) is 0 Å². The summed E-state index contributed by atoms with van der Waals surface area (Å²) < 4.78 is 0. The van der Waals surface area contributed by atoms with Crippen LogP contribution in [0.15, 0.2) is 24.3 Å². The van der Waals surface area contributed by atoms with Gasteiger partial charge in [-0.1, -0.05) is 24.3 Å². The fourth-order valence-corrected chi connectivity index (χ4v) is 4.43. The number of rotatable bonds is 7. The Morgan fingerprint density at radius 2 is 1.81 bits per heavy atom. The minimum Gasteiger partial charge on any atom is -0.396 e. The van der Waals surface area contributed by atoms with Crippen LogP contribution in [0, 0.1) is 12.8 Å². The number of amides is 1. The first-order chi connectivity index (χ1) is 13.2. The van der Waals surface area contributed by atoms with Crippen LogP contribution in [0.5, 0.6) is 0 Å². The number of aliphatic hydroxyl groups is 1. The second-order valence-electron chi connectivity index (χ2n) is 8.11. The molecule has 2 aliphatic heterocycles. The molecule has 0 aliphatic carbocycles. The molecule has 0 saturated carbocycles. The zero-order valence-electron chi connectivity index (χ0n) is 16.7. The Labute approximate surface area is 163 Å². The largest absolute Gasteiger partial charge is 0.396 e. The molecule has 1 aromatic carbocycles. The Kier molecular flexibility index (Phi) is 7.68. The number of nitrogens with one attached hydrogen (secondary N) is 1. The van der Waals surface area contributed by atoms with Gasteiger partial charge in [0.1, 0.15) is 0 Å². The quantitative estimate of drug-likeness (QED) is 0.720. The summed E-state index contributed by atoms with van der Waals surface area (Å²) in [7, 11) is 0. The van der Waals surface area contributed by atoms with Gasteiger partial charge in [-0.3, -0.25) is 9.69 Å². The molecule has 150 valence electrons. The van der Waals surface area contributed by atoms with Crippen molar-refractivity contribution in [2.24, 2.45) is 5.92 Å². The highest BCUT2D eigenvalue weighted by Gasteiger charge is 2.30. The number of aliphatic hydroxyl groups excluding tert-OH is 1. The lowest BCUT2D eigenvalue weighted by atomic mass is 9.92. The first-order valence-electron chi connectivity index (χ1n) is 10.6. The Bertz CT molecular complexity index is 591. The van der Waals surface area contributed by atoms with E-state index in [1.54, 1.807) is 0 Å². The summed E-state index contributed by atoms with van der Waals surface area (Å²) in [5.41, 5.74) is 2.84. The van der Waals surface area contributed by atoms with Gasteiger partial charge >= 0.3 is 0 Å². The van der Waals surface area contributed by atoms with Crippen LogP contribution in [0.2, 0.25) is 0 Å². The van der Waals surface area contributed by atoms with Crippen molar-refractivity contribution in [3.05, 3.63) is 35.4 Å². The monoisotopic (exact) mass is 373 g/mol. The lowest BCUT2D eigenvalue weighted by molar-refractivity contribution is -0.126. The predicted molar refractivity (Wildman–Crippen MR) is 108 cm³/mol.